The Labute approximate surface area is 201 Å². The average molecular weight is 496 g/mol. The smallest absolute Gasteiger partial charge is 0.435 e. The van der Waals surface area contributed by atoms with Crippen molar-refractivity contribution < 1.29 is 31.9 Å². The van der Waals surface area contributed by atoms with Gasteiger partial charge in [-0.3, -0.25) is 14.3 Å². The van der Waals surface area contributed by atoms with E-state index in [-0.39, 0.29) is 55.3 Å². The van der Waals surface area contributed by atoms with Crippen LogP contribution in [0, 0.1) is 17.7 Å². The Morgan fingerprint density at radius 3 is 2.43 bits per heavy atom. The minimum absolute atomic E-state index is 0.0522. The minimum atomic E-state index is -4.60. The first-order valence-corrected chi connectivity index (χ1v) is 12.0. The third kappa shape index (κ3) is 5.85. The summed E-state index contributed by atoms with van der Waals surface area (Å²) < 4.78 is 60.6. The fourth-order valence-electron chi connectivity index (χ4n) is 5.05. The van der Waals surface area contributed by atoms with Crippen LogP contribution in [0.15, 0.2) is 24.3 Å². The van der Waals surface area contributed by atoms with Crippen LogP contribution in [-0.2, 0) is 40.0 Å². The standard InChI is InChI=1S/C25H29F4N3O3/c1-2-35-24(34)18-7-3-16(4-8-18)13-22(33)31-12-11-20-21(15-31)32(30-23(20)25(27,28)29)14-17-5-9-19(26)10-6-17/h5-6,9-10,16,18H,2-4,7-8,11-15H2,1H3. The van der Waals surface area contributed by atoms with Gasteiger partial charge in [0, 0.05) is 18.5 Å². The molecule has 2 heterocycles. The highest BCUT2D eigenvalue weighted by Crippen LogP contribution is 2.36. The summed E-state index contributed by atoms with van der Waals surface area (Å²) >= 11 is 0. The van der Waals surface area contributed by atoms with Gasteiger partial charge >= 0.3 is 12.1 Å². The molecule has 1 aliphatic carbocycles. The van der Waals surface area contributed by atoms with Crippen molar-refractivity contribution in [2.45, 2.75) is 64.7 Å². The van der Waals surface area contributed by atoms with Gasteiger partial charge in [-0.05, 0) is 62.6 Å². The van der Waals surface area contributed by atoms with Gasteiger partial charge in [0.05, 0.1) is 31.3 Å². The van der Waals surface area contributed by atoms with E-state index in [2.05, 4.69) is 5.10 Å². The summed E-state index contributed by atoms with van der Waals surface area (Å²) in [6.45, 7) is 2.43. The molecule has 1 fully saturated rings. The zero-order valence-electron chi connectivity index (χ0n) is 19.6. The highest BCUT2D eigenvalue weighted by Gasteiger charge is 2.41. The van der Waals surface area contributed by atoms with E-state index in [0.717, 1.165) is 12.8 Å². The van der Waals surface area contributed by atoms with Crippen LogP contribution in [0.3, 0.4) is 0 Å². The molecular weight excluding hydrogens is 466 g/mol. The van der Waals surface area contributed by atoms with Crippen LogP contribution in [0.2, 0.25) is 0 Å². The zero-order valence-corrected chi connectivity index (χ0v) is 19.6. The van der Waals surface area contributed by atoms with Gasteiger partial charge in [-0.15, -0.1) is 0 Å². The van der Waals surface area contributed by atoms with Gasteiger partial charge in [0.15, 0.2) is 5.69 Å². The molecule has 2 aliphatic rings. The maximum absolute atomic E-state index is 13.6. The molecule has 1 amide bonds. The summed E-state index contributed by atoms with van der Waals surface area (Å²) in [6.07, 6.45) is -1.36. The summed E-state index contributed by atoms with van der Waals surface area (Å²) in [7, 11) is 0. The van der Waals surface area contributed by atoms with Crippen molar-refractivity contribution in [2.75, 3.05) is 13.2 Å². The number of nitrogens with zero attached hydrogens (tertiary/aromatic N) is 3. The first-order chi connectivity index (χ1) is 16.7. The number of halogens is 4. The number of fused-ring (bicyclic) bond motifs is 1. The van der Waals surface area contributed by atoms with Crippen molar-refractivity contribution in [1.29, 1.82) is 0 Å². The molecule has 1 aromatic carbocycles. The molecular formula is C25H29F4N3O3. The lowest BCUT2D eigenvalue weighted by Crippen LogP contribution is -2.38. The predicted molar refractivity (Wildman–Crippen MR) is 119 cm³/mol. The van der Waals surface area contributed by atoms with Crippen molar-refractivity contribution in [3.63, 3.8) is 0 Å². The van der Waals surface area contributed by atoms with Gasteiger partial charge in [0.1, 0.15) is 5.82 Å². The van der Waals surface area contributed by atoms with E-state index in [0.29, 0.717) is 37.1 Å². The molecule has 0 bridgehead atoms. The van der Waals surface area contributed by atoms with E-state index in [1.165, 1.54) is 28.9 Å². The third-order valence-electron chi connectivity index (χ3n) is 6.94. The van der Waals surface area contributed by atoms with E-state index >= 15 is 0 Å². The molecule has 0 N–H and O–H groups in total. The number of hydrogen-bond donors (Lipinski definition) is 0. The van der Waals surface area contributed by atoms with E-state index in [1.54, 1.807) is 11.8 Å². The van der Waals surface area contributed by atoms with Crippen molar-refractivity contribution in [3.8, 4) is 0 Å². The molecule has 4 rings (SSSR count). The number of hydrogen-bond acceptors (Lipinski definition) is 4. The first kappa shape index (κ1) is 25.2. The number of aromatic nitrogens is 2. The van der Waals surface area contributed by atoms with Gasteiger partial charge in [-0.1, -0.05) is 12.1 Å². The Morgan fingerprint density at radius 2 is 1.80 bits per heavy atom. The van der Waals surface area contributed by atoms with E-state index in [1.807, 2.05) is 0 Å². The molecule has 0 radical (unpaired) electrons. The van der Waals surface area contributed by atoms with Gasteiger partial charge in [-0.25, -0.2) is 4.39 Å². The van der Waals surface area contributed by atoms with E-state index in [9.17, 15) is 27.2 Å². The summed E-state index contributed by atoms with van der Waals surface area (Å²) in [5, 5.41) is 3.85. The largest absolute Gasteiger partial charge is 0.466 e. The van der Waals surface area contributed by atoms with Gasteiger partial charge < -0.3 is 9.64 Å². The Morgan fingerprint density at radius 1 is 1.11 bits per heavy atom. The Balaban J connectivity index is 1.44. The number of alkyl halides is 3. The molecule has 2 aromatic rings. The predicted octanol–water partition coefficient (Wildman–Crippen LogP) is 4.73. The van der Waals surface area contributed by atoms with Crippen LogP contribution in [-0.4, -0.2) is 39.7 Å². The maximum atomic E-state index is 13.6. The lowest BCUT2D eigenvalue weighted by molar-refractivity contribution is -0.149. The molecule has 0 saturated heterocycles. The SMILES string of the molecule is CCOC(=O)C1CCC(CC(=O)N2CCc3c(C(F)(F)F)nn(Cc4ccc(F)cc4)c3C2)CC1. The quantitative estimate of drug-likeness (QED) is 0.429. The number of amides is 1. The fraction of sp³-hybridized carbons (Fsp3) is 0.560. The number of esters is 1. The van der Waals surface area contributed by atoms with Gasteiger partial charge in [0.2, 0.25) is 5.91 Å². The maximum Gasteiger partial charge on any atom is 0.435 e. The molecule has 0 atom stereocenters. The molecule has 10 heteroatoms. The molecule has 1 aromatic heterocycles. The normalized spacial score (nSPS) is 20.4. The monoisotopic (exact) mass is 495 g/mol. The molecule has 1 saturated carbocycles. The number of carbonyl (C=O) groups is 2. The number of carbonyl (C=O) groups excluding carboxylic acids is 2. The average Bonchev–Trinajstić information content (AvgIpc) is 3.19. The number of rotatable bonds is 6. The fourth-order valence-corrected chi connectivity index (χ4v) is 5.05. The Kier molecular flexibility index (Phi) is 7.47. The second-order valence-electron chi connectivity index (χ2n) is 9.29. The van der Waals surface area contributed by atoms with Crippen molar-refractivity contribution in [2.24, 2.45) is 11.8 Å². The molecule has 0 spiro atoms. The van der Waals surface area contributed by atoms with Crippen LogP contribution >= 0.6 is 0 Å². The summed E-state index contributed by atoms with van der Waals surface area (Å²) in [4.78, 5) is 26.6. The third-order valence-corrected chi connectivity index (χ3v) is 6.94. The highest BCUT2D eigenvalue weighted by atomic mass is 19.4. The van der Waals surface area contributed by atoms with Crippen LogP contribution in [0.1, 0.15) is 61.5 Å². The molecule has 190 valence electrons. The summed E-state index contributed by atoms with van der Waals surface area (Å²) in [5.74, 6) is -0.695. The molecule has 6 nitrogen and oxygen atoms in total. The van der Waals surface area contributed by atoms with Crippen molar-refractivity contribution >= 4 is 11.9 Å². The van der Waals surface area contributed by atoms with Crippen molar-refractivity contribution in [3.05, 3.63) is 52.6 Å². The van der Waals surface area contributed by atoms with E-state index in [4.69, 9.17) is 4.74 Å². The van der Waals surface area contributed by atoms with Crippen molar-refractivity contribution in [1.82, 2.24) is 14.7 Å². The number of ether oxygens (including phenoxy) is 1. The summed E-state index contributed by atoms with van der Waals surface area (Å²) in [6, 6.07) is 5.52. The number of benzene rings is 1. The van der Waals surface area contributed by atoms with E-state index < -0.39 is 17.7 Å². The second kappa shape index (κ2) is 10.4. The van der Waals surface area contributed by atoms with Crippen LogP contribution in [0.4, 0.5) is 17.6 Å². The van der Waals surface area contributed by atoms with Gasteiger partial charge in [0.25, 0.3) is 0 Å². The first-order valence-electron chi connectivity index (χ1n) is 12.0. The van der Waals surface area contributed by atoms with Crippen LogP contribution in [0.25, 0.3) is 0 Å². The Bertz CT molecular complexity index is 1060. The zero-order chi connectivity index (χ0) is 25.2. The molecule has 1 aliphatic heterocycles. The molecule has 0 unspecified atom stereocenters. The van der Waals surface area contributed by atoms with Crippen LogP contribution < -0.4 is 0 Å². The topological polar surface area (TPSA) is 64.4 Å². The highest BCUT2D eigenvalue weighted by molar-refractivity contribution is 5.77. The second-order valence-corrected chi connectivity index (χ2v) is 9.29. The minimum Gasteiger partial charge on any atom is -0.466 e. The summed E-state index contributed by atoms with van der Waals surface area (Å²) in [5.41, 5.74) is 0.192. The molecule has 35 heavy (non-hydrogen) atoms. The Hall–Kier alpha value is -2.91. The lowest BCUT2D eigenvalue weighted by atomic mass is 9.80. The van der Waals surface area contributed by atoms with Gasteiger partial charge in [-0.2, -0.15) is 18.3 Å². The van der Waals surface area contributed by atoms with Crippen LogP contribution in [0.5, 0.6) is 0 Å². The lowest BCUT2D eigenvalue weighted by Gasteiger charge is -2.31.